The van der Waals surface area contributed by atoms with Gasteiger partial charge in [-0.2, -0.15) is 0 Å². The van der Waals surface area contributed by atoms with Gasteiger partial charge in [-0.25, -0.2) is 0 Å². The fourth-order valence-electron chi connectivity index (χ4n) is 8.72. The van der Waals surface area contributed by atoms with Crippen LogP contribution in [0.2, 0.25) is 8.35 Å². The number of benzene rings is 4. The van der Waals surface area contributed by atoms with Crippen LogP contribution in [0.4, 0.5) is 0 Å². The molecule has 1 aliphatic heterocycles. The summed E-state index contributed by atoms with van der Waals surface area (Å²) in [5.74, 6) is 1.81. The molecule has 0 spiro atoms. The fourth-order valence-corrected chi connectivity index (χ4v) is 32.7. The number of methoxy groups -OCH3 is 2. The third-order valence-electron chi connectivity index (χ3n) is 11.1. The van der Waals surface area contributed by atoms with Crippen LogP contribution >= 0.6 is 24.8 Å². The zero-order chi connectivity index (χ0) is 32.4. The van der Waals surface area contributed by atoms with Crippen LogP contribution in [0.15, 0.2) is 96.1 Å². The molecule has 4 aromatic carbocycles. The first kappa shape index (κ1) is 36.7. The van der Waals surface area contributed by atoms with E-state index in [-0.39, 0.29) is 35.6 Å². The Bertz CT molecular complexity index is 1720. The van der Waals surface area contributed by atoms with E-state index in [2.05, 4.69) is 139 Å². The molecule has 0 bridgehead atoms. The largest absolute Gasteiger partial charge is 0.147 e. The summed E-state index contributed by atoms with van der Waals surface area (Å²) < 4.78 is 15.1. The smallest absolute Gasteiger partial charge is 0.147 e. The average Bonchev–Trinajstić information content (AvgIpc) is 3.62. The van der Waals surface area contributed by atoms with Gasteiger partial charge >= 0.3 is 282 Å². The Kier molecular flexibility index (Phi) is 10.4. The minimum Gasteiger partial charge on any atom is -0.147 e. The van der Waals surface area contributed by atoms with Crippen molar-refractivity contribution in [3.8, 4) is 33.8 Å². The molecule has 5 heteroatoms. The summed E-state index contributed by atoms with van der Waals surface area (Å²) in [5.41, 5.74) is 14.9. The van der Waals surface area contributed by atoms with E-state index in [0.29, 0.717) is 7.35 Å². The molecule has 1 heterocycles. The molecular weight excluding hydrogens is 798 g/mol. The van der Waals surface area contributed by atoms with Crippen LogP contribution in [0.5, 0.6) is 11.5 Å². The van der Waals surface area contributed by atoms with Crippen LogP contribution in [-0.4, -0.2) is 14.2 Å². The normalized spacial score (nSPS) is 19.1. The number of rotatable bonds is 6. The fraction of sp³-hybridized carbons (Fsp3) is 0.349. The number of allylic oxidation sites excluding steroid dienone is 2. The van der Waals surface area contributed by atoms with Crippen molar-refractivity contribution in [2.75, 3.05) is 14.2 Å². The number of fused-ring (bicyclic) bond motifs is 2. The maximum Gasteiger partial charge on any atom is -0.147 e. The summed E-state index contributed by atoms with van der Waals surface area (Å²) in [6, 6.07) is 31.6. The third kappa shape index (κ3) is 6.07. The molecule has 2 nitrogen and oxygen atoms in total. The minimum absolute atomic E-state index is 0. The predicted molar refractivity (Wildman–Crippen MR) is 206 cm³/mol. The van der Waals surface area contributed by atoms with Crippen molar-refractivity contribution in [2.24, 2.45) is 10.8 Å². The SMILES string of the molecule is COc1ccc(-c2cccc3c2C=C(C(C)(C)C)[CH]3[Hf]2([CH]3C(C(C)(C)C)=Cc4c(-c5ccc(OC)cc5)cccc43)[CH2]C[CH2]2)cc1.Cl.Cl. The first-order valence-electron chi connectivity index (χ1n) is 16.9. The number of hydrogen-bond acceptors (Lipinski definition) is 2. The summed E-state index contributed by atoms with van der Waals surface area (Å²) in [6.45, 7) is 14.7. The molecule has 0 radical (unpaired) electrons. The van der Waals surface area contributed by atoms with E-state index in [4.69, 9.17) is 9.47 Å². The quantitative estimate of drug-likeness (QED) is 0.180. The van der Waals surface area contributed by atoms with Crippen LogP contribution < -0.4 is 9.47 Å². The van der Waals surface area contributed by atoms with Crippen LogP contribution in [-0.2, 0) is 20.0 Å². The van der Waals surface area contributed by atoms with Gasteiger partial charge in [0.25, 0.3) is 0 Å². The van der Waals surface area contributed by atoms with Gasteiger partial charge in [-0.05, 0) is 0 Å². The van der Waals surface area contributed by atoms with Gasteiger partial charge in [-0.15, -0.1) is 24.8 Å². The summed E-state index contributed by atoms with van der Waals surface area (Å²) in [5, 5.41) is 0. The molecule has 0 saturated carbocycles. The number of halogens is 2. The van der Waals surface area contributed by atoms with Crippen molar-refractivity contribution in [2.45, 2.75) is 63.7 Å². The summed E-state index contributed by atoms with van der Waals surface area (Å²) in [4.78, 5) is 0. The van der Waals surface area contributed by atoms with Gasteiger partial charge in [0, 0.05) is 0 Å². The Morgan fingerprint density at radius 3 is 1.21 bits per heavy atom. The molecule has 2 unspecified atom stereocenters. The third-order valence-corrected chi connectivity index (χ3v) is 33.1. The molecule has 48 heavy (non-hydrogen) atoms. The zero-order valence-electron chi connectivity index (χ0n) is 29.6. The topological polar surface area (TPSA) is 18.5 Å². The standard InChI is InChI=1S/2C20H21O.C3H6.2ClH.Hf/c2*1-20(2,3)16-12-15-6-5-7-18(19(15)13-16)14-8-10-17(21-4)11-9-14;1-3-2;;;/h2*5-13H,1-4H3;1-3H2;2*1H;. The maximum absolute atomic E-state index is 5.50. The second kappa shape index (κ2) is 13.6. The van der Waals surface area contributed by atoms with E-state index in [1.54, 1.807) is 36.5 Å². The molecule has 0 aromatic heterocycles. The number of ether oxygens (including phenoxy) is 2. The molecule has 2 aliphatic carbocycles. The van der Waals surface area contributed by atoms with Gasteiger partial charge in [0.2, 0.25) is 0 Å². The van der Waals surface area contributed by atoms with Crippen LogP contribution in [0, 0.1) is 10.8 Å². The molecule has 1 fully saturated rings. The van der Waals surface area contributed by atoms with Gasteiger partial charge in [-0.3, -0.25) is 0 Å². The Hall–Kier alpha value is -2.59. The predicted octanol–water partition coefficient (Wildman–Crippen LogP) is 12.9. The van der Waals surface area contributed by atoms with E-state index in [1.807, 2.05) is 0 Å². The van der Waals surface area contributed by atoms with Crippen molar-refractivity contribution in [1.82, 2.24) is 0 Å². The van der Waals surface area contributed by atoms with Crippen molar-refractivity contribution >= 4 is 37.0 Å². The molecule has 252 valence electrons. The zero-order valence-corrected chi connectivity index (χ0v) is 34.9. The Morgan fingerprint density at radius 2 is 0.917 bits per heavy atom. The van der Waals surface area contributed by atoms with Gasteiger partial charge in [-0.1, -0.05) is 0 Å². The Balaban J connectivity index is 0.00000225. The van der Waals surface area contributed by atoms with Gasteiger partial charge < -0.3 is 0 Å². The first-order chi connectivity index (χ1) is 22.0. The minimum atomic E-state index is -3.24. The van der Waals surface area contributed by atoms with Crippen LogP contribution in [0.25, 0.3) is 34.4 Å². The first-order valence-corrected chi connectivity index (χ1v) is 26.2. The van der Waals surface area contributed by atoms with Crippen molar-refractivity contribution in [1.29, 1.82) is 0 Å². The van der Waals surface area contributed by atoms with Crippen molar-refractivity contribution < 1.29 is 29.4 Å². The van der Waals surface area contributed by atoms with Gasteiger partial charge in [0.05, 0.1) is 0 Å². The van der Waals surface area contributed by atoms with Crippen molar-refractivity contribution in [3.05, 3.63) is 118 Å². The monoisotopic (exact) mass is 848 g/mol. The molecule has 0 amide bonds. The van der Waals surface area contributed by atoms with E-state index in [0.717, 1.165) is 11.5 Å². The Morgan fingerprint density at radius 1 is 0.542 bits per heavy atom. The summed E-state index contributed by atoms with van der Waals surface area (Å²) in [6.07, 6.45) is 6.64. The Labute approximate surface area is 305 Å². The second-order valence-electron chi connectivity index (χ2n) is 15.7. The molecule has 7 rings (SSSR count). The average molecular weight is 848 g/mol. The van der Waals surface area contributed by atoms with Crippen LogP contribution in [0.3, 0.4) is 0 Å². The van der Waals surface area contributed by atoms with Crippen LogP contribution in [0.1, 0.15) is 77.6 Å². The van der Waals surface area contributed by atoms with Gasteiger partial charge in [0.15, 0.2) is 0 Å². The molecule has 3 aliphatic rings. The van der Waals surface area contributed by atoms with Gasteiger partial charge in [0.1, 0.15) is 0 Å². The number of hydrogen-bond donors (Lipinski definition) is 0. The van der Waals surface area contributed by atoms with E-state index in [9.17, 15) is 0 Å². The second-order valence-corrected chi connectivity index (χ2v) is 32.3. The van der Waals surface area contributed by atoms with Crippen molar-refractivity contribution in [3.63, 3.8) is 0 Å². The molecule has 4 aromatic rings. The molecular formula is C43H50Cl2HfO2. The molecule has 2 atom stereocenters. The van der Waals surface area contributed by atoms with E-state index in [1.165, 1.54) is 48.2 Å². The van der Waals surface area contributed by atoms with E-state index < -0.39 is 20.0 Å². The summed E-state index contributed by atoms with van der Waals surface area (Å²) >= 11 is -3.24. The van der Waals surface area contributed by atoms with E-state index >= 15 is 0 Å². The molecule has 0 N–H and O–H groups in total. The molecule has 1 saturated heterocycles. The maximum atomic E-state index is 5.50. The summed E-state index contributed by atoms with van der Waals surface area (Å²) in [7, 11) is 3.48.